The number of nitrogens with zero attached hydrogens (tertiary/aromatic N) is 1. The number of rotatable bonds is 5. The molecule has 8 heteroatoms. The Morgan fingerprint density at radius 3 is 2.80 bits per heavy atom. The standard InChI is InChI=1S/C12H12BrClN2O2S2/c1-2-11(12-15-5-6-19-12)16-20(17,18)8-3-4-10(14)9(13)7-8/h3-7,11,16H,2H2,1H3. The van der Waals surface area contributed by atoms with Crippen molar-refractivity contribution in [2.45, 2.75) is 24.3 Å². The maximum atomic E-state index is 12.4. The summed E-state index contributed by atoms with van der Waals surface area (Å²) in [6, 6.07) is 4.18. The van der Waals surface area contributed by atoms with Crippen molar-refractivity contribution in [2.75, 3.05) is 0 Å². The summed E-state index contributed by atoms with van der Waals surface area (Å²) in [6.45, 7) is 1.91. The van der Waals surface area contributed by atoms with Crippen LogP contribution in [0.2, 0.25) is 5.02 Å². The van der Waals surface area contributed by atoms with Crippen LogP contribution in [0.25, 0.3) is 0 Å². The minimum Gasteiger partial charge on any atom is -0.248 e. The molecule has 1 heterocycles. The summed E-state index contributed by atoms with van der Waals surface area (Å²) in [6.07, 6.45) is 2.29. The number of hydrogen-bond acceptors (Lipinski definition) is 4. The van der Waals surface area contributed by atoms with Crippen molar-refractivity contribution in [3.8, 4) is 0 Å². The average molecular weight is 396 g/mol. The molecular formula is C12H12BrClN2O2S2. The van der Waals surface area contributed by atoms with Gasteiger partial charge >= 0.3 is 0 Å². The first kappa shape index (κ1) is 15.9. The normalized spacial score (nSPS) is 13.3. The fourth-order valence-corrected chi connectivity index (χ4v) is 4.42. The molecule has 2 rings (SSSR count). The topological polar surface area (TPSA) is 59.1 Å². The summed E-state index contributed by atoms with van der Waals surface area (Å²) >= 11 is 10.5. The molecule has 0 fully saturated rings. The fourth-order valence-electron chi connectivity index (χ4n) is 1.61. The summed E-state index contributed by atoms with van der Waals surface area (Å²) in [5.74, 6) is 0. The summed E-state index contributed by atoms with van der Waals surface area (Å²) in [5.41, 5.74) is 0. The highest BCUT2D eigenvalue weighted by Crippen LogP contribution is 2.27. The summed E-state index contributed by atoms with van der Waals surface area (Å²) < 4.78 is 27.9. The highest BCUT2D eigenvalue weighted by Gasteiger charge is 2.22. The van der Waals surface area contributed by atoms with Gasteiger partial charge in [0.1, 0.15) is 5.01 Å². The van der Waals surface area contributed by atoms with E-state index in [4.69, 9.17) is 11.6 Å². The number of halogens is 2. The molecule has 4 nitrogen and oxygen atoms in total. The van der Waals surface area contributed by atoms with Gasteiger partial charge in [-0.15, -0.1) is 11.3 Å². The van der Waals surface area contributed by atoms with Crippen molar-refractivity contribution >= 4 is 48.9 Å². The maximum absolute atomic E-state index is 12.4. The van der Waals surface area contributed by atoms with Gasteiger partial charge in [0.2, 0.25) is 10.0 Å². The third-order valence-corrected chi connectivity index (χ3v) is 6.23. The van der Waals surface area contributed by atoms with Gasteiger partial charge in [-0.2, -0.15) is 0 Å². The van der Waals surface area contributed by atoms with E-state index in [2.05, 4.69) is 25.6 Å². The van der Waals surface area contributed by atoms with Gasteiger partial charge in [0.25, 0.3) is 0 Å². The zero-order valence-corrected chi connectivity index (χ0v) is 14.5. The van der Waals surface area contributed by atoms with E-state index in [1.165, 1.54) is 23.5 Å². The minimum absolute atomic E-state index is 0.170. The Morgan fingerprint density at radius 1 is 1.50 bits per heavy atom. The van der Waals surface area contributed by atoms with Crippen LogP contribution in [-0.2, 0) is 10.0 Å². The van der Waals surface area contributed by atoms with E-state index in [0.29, 0.717) is 15.9 Å². The molecule has 20 heavy (non-hydrogen) atoms. The predicted octanol–water partition coefficient (Wildman–Crippen LogP) is 3.99. The van der Waals surface area contributed by atoms with Gasteiger partial charge in [-0.05, 0) is 40.5 Å². The summed E-state index contributed by atoms with van der Waals surface area (Å²) in [4.78, 5) is 4.33. The molecule has 1 aromatic carbocycles. The Hall–Kier alpha value is -0.470. The van der Waals surface area contributed by atoms with Gasteiger partial charge in [0.05, 0.1) is 16.0 Å². The number of hydrogen-bond donors (Lipinski definition) is 1. The van der Waals surface area contributed by atoms with Crippen LogP contribution in [0.1, 0.15) is 24.4 Å². The number of sulfonamides is 1. The Kier molecular flexibility index (Phi) is 5.19. The van der Waals surface area contributed by atoms with Gasteiger partial charge in [0, 0.05) is 16.0 Å². The SMILES string of the molecule is CCC(NS(=O)(=O)c1ccc(Cl)c(Br)c1)c1nccs1. The van der Waals surface area contributed by atoms with Crippen LogP contribution in [0.15, 0.2) is 39.1 Å². The molecule has 0 saturated carbocycles. The first-order chi connectivity index (χ1) is 9.44. The zero-order chi connectivity index (χ0) is 14.8. The van der Waals surface area contributed by atoms with Crippen molar-refractivity contribution in [2.24, 2.45) is 0 Å². The lowest BCUT2D eigenvalue weighted by atomic mass is 10.3. The Bertz CT molecular complexity index is 689. The second kappa shape index (κ2) is 6.53. The van der Waals surface area contributed by atoms with Crippen molar-refractivity contribution < 1.29 is 8.42 Å². The van der Waals surface area contributed by atoms with Gasteiger partial charge in [0.15, 0.2) is 0 Å². The van der Waals surface area contributed by atoms with E-state index in [1.54, 1.807) is 12.3 Å². The molecule has 108 valence electrons. The van der Waals surface area contributed by atoms with Crippen molar-refractivity contribution in [1.29, 1.82) is 0 Å². The number of aromatic nitrogens is 1. The maximum Gasteiger partial charge on any atom is 0.241 e. The lowest BCUT2D eigenvalue weighted by Crippen LogP contribution is -2.28. The van der Waals surface area contributed by atoms with Crippen LogP contribution in [0, 0.1) is 0 Å². The molecule has 0 aliphatic heterocycles. The monoisotopic (exact) mass is 394 g/mol. The number of benzene rings is 1. The highest BCUT2D eigenvalue weighted by molar-refractivity contribution is 9.10. The molecular weight excluding hydrogens is 384 g/mol. The second-order valence-corrected chi connectivity index (χ2v) is 7.93. The smallest absolute Gasteiger partial charge is 0.241 e. The molecule has 0 amide bonds. The van der Waals surface area contributed by atoms with Crippen LogP contribution >= 0.6 is 38.9 Å². The van der Waals surface area contributed by atoms with Crippen LogP contribution in [0.5, 0.6) is 0 Å². The molecule has 1 N–H and O–H groups in total. The lowest BCUT2D eigenvalue weighted by molar-refractivity contribution is 0.549. The van der Waals surface area contributed by atoms with Crippen LogP contribution < -0.4 is 4.72 Å². The highest BCUT2D eigenvalue weighted by atomic mass is 79.9. The van der Waals surface area contributed by atoms with Crippen LogP contribution in [-0.4, -0.2) is 13.4 Å². The second-order valence-electron chi connectivity index (χ2n) is 4.03. The molecule has 0 radical (unpaired) electrons. The fraction of sp³-hybridized carbons (Fsp3) is 0.250. The molecule has 1 atom stereocenters. The van der Waals surface area contributed by atoms with E-state index in [-0.39, 0.29) is 10.9 Å². The molecule has 1 aromatic heterocycles. The Labute approximate surface area is 135 Å². The zero-order valence-electron chi connectivity index (χ0n) is 10.5. The third-order valence-electron chi connectivity index (χ3n) is 2.66. The summed E-state index contributed by atoms with van der Waals surface area (Å²) in [5, 5.41) is 3.05. The van der Waals surface area contributed by atoms with Crippen LogP contribution in [0.3, 0.4) is 0 Å². The molecule has 0 aliphatic rings. The van der Waals surface area contributed by atoms with Gasteiger partial charge < -0.3 is 0 Å². The van der Waals surface area contributed by atoms with Gasteiger partial charge in [-0.1, -0.05) is 18.5 Å². The molecule has 1 unspecified atom stereocenters. The summed E-state index contributed by atoms with van der Waals surface area (Å²) in [7, 11) is -3.61. The molecule has 0 saturated heterocycles. The van der Waals surface area contributed by atoms with Gasteiger partial charge in [-0.3, -0.25) is 0 Å². The van der Waals surface area contributed by atoms with Crippen molar-refractivity contribution in [3.63, 3.8) is 0 Å². The van der Waals surface area contributed by atoms with E-state index in [1.807, 2.05) is 12.3 Å². The van der Waals surface area contributed by atoms with E-state index in [9.17, 15) is 8.42 Å². The average Bonchev–Trinajstić information content (AvgIpc) is 2.93. The predicted molar refractivity (Wildman–Crippen MR) is 84.6 cm³/mol. The van der Waals surface area contributed by atoms with Crippen molar-refractivity contribution in [3.05, 3.63) is 44.3 Å². The molecule has 0 aliphatic carbocycles. The number of thiazole rings is 1. The lowest BCUT2D eigenvalue weighted by Gasteiger charge is -2.15. The number of nitrogens with one attached hydrogen (secondary N) is 1. The minimum atomic E-state index is -3.61. The Morgan fingerprint density at radius 2 is 2.25 bits per heavy atom. The third kappa shape index (κ3) is 3.59. The van der Waals surface area contributed by atoms with E-state index in [0.717, 1.165) is 5.01 Å². The molecule has 0 spiro atoms. The van der Waals surface area contributed by atoms with E-state index >= 15 is 0 Å². The Balaban J connectivity index is 2.28. The first-order valence-corrected chi connectivity index (χ1v) is 9.34. The molecule has 0 bridgehead atoms. The van der Waals surface area contributed by atoms with Gasteiger partial charge in [-0.25, -0.2) is 18.1 Å². The largest absolute Gasteiger partial charge is 0.248 e. The van der Waals surface area contributed by atoms with Crippen molar-refractivity contribution in [1.82, 2.24) is 9.71 Å². The van der Waals surface area contributed by atoms with Crippen LogP contribution in [0.4, 0.5) is 0 Å². The molecule has 2 aromatic rings. The first-order valence-electron chi connectivity index (χ1n) is 5.81. The van der Waals surface area contributed by atoms with E-state index < -0.39 is 10.0 Å². The quantitative estimate of drug-likeness (QED) is 0.832.